The molecule has 16 heavy (non-hydrogen) atoms. The lowest BCUT2D eigenvalue weighted by atomic mass is 10.1. The average Bonchev–Trinajstić information content (AvgIpc) is 2.54. The Morgan fingerprint density at radius 1 is 1.31 bits per heavy atom. The van der Waals surface area contributed by atoms with E-state index in [0.717, 1.165) is 19.0 Å². The van der Waals surface area contributed by atoms with Gasteiger partial charge in [0.2, 0.25) is 0 Å². The van der Waals surface area contributed by atoms with Crippen molar-refractivity contribution >= 4 is 11.3 Å². The number of aryl methyl sites for hydroxylation is 1. The molecule has 0 aromatic carbocycles. The maximum atomic E-state index is 4.29. The molecule has 0 unspecified atom stereocenters. The summed E-state index contributed by atoms with van der Waals surface area (Å²) in [5.41, 5.74) is 0. The standard InChI is InChI=1S/C13H22N2S/c1-11-15-10-13(16-11)8-9-14-12-6-4-2-3-5-7-12/h10,12,14H,2-9H2,1H3. The van der Waals surface area contributed by atoms with Crippen molar-refractivity contribution in [2.24, 2.45) is 0 Å². The van der Waals surface area contributed by atoms with Gasteiger partial charge in [0, 0.05) is 23.7 Å². The summed E-state index contributed by atoms with van der Waals surface area (Å²) < 4.78 is 0. The van der Waals surface area contributed by atoms with Crippen LogP contribution in [0.5, 0.6) is 0 Å². The number of nitrogens with one attached hydrogen (secondary N) is 1. The Morgan fingerprint density at radius 2 is 2.06 bits per heavy atom. The second-order valence-corrected chi connectivity index (χ2v) is 6.06. The van der Waals surface area contributed by atoms with Crippen molar-refractivity contribution in [3.05, 3.63) is 16.1 Å². The molecular weight excluding hydrogens is 216 g/mol. The minimum atomic E-state index is 0.775. The molecular formula is C13H22N2S. The van der Waals surface area contributed by atoms with Crippen molar-refractivity contribution in [3.63, 3.8) is 0 Å². The Balaban J connectivity index is 1.67. The van der Waals surface area contributed by atoms with Gasteiger partial charge in [-0.05, 0) is 26.2 Å². The zero-order valence-electron chi connectivity index (χ0n) is 10.2. The molecule has 1 saturated carbocycles. The van der Waals surface area contributed by atoms with Gasteiger partial charge in [0.05, 0.1) is 5.01 Å². The molecule has 1 aromatic heterocycles. The van der Waals surface area contributed by atoms with E-state index in [2.05, 4.69) is 17.2 Å². The lowest BCUT2D eigenvalue weighted by Gasteiger charge is -2.15. The molecule has 0 bridgehead atoms. The molecule has 1 aliphatic rings. The maximum Gasteiger partial charge on any atom is 0.0896 e. The van der Waals surface area contributed by atoms with Gasteiger partial charge in [0.1, 0.15) is 0 Å². The first-order chi connectivity index (χ1) is 7.84. The number of aromatic nitrogens is 1. The van der Waals surface area contributed by atoms with E-state index in [4.69, 9.17) is 0 Å². The summed E-state index contributed by atoms with van der Waals surface area (Å²) in [6.45, 7) is 3.19. The Morgan fingerprint density at radius 3 is 2.69 bits per heavy atom. The second-order valence-electron chi connectivity index (χ2n) is 4.74. The molecule has 0 spiro atoms. The van der Waals surface area contributed by atoms with Crippen LogP contribution in [0, 0.1) is 6.92 Å². The number of rotatable bonds is 4. The van der Waals surface area contributed by atoms with Crippen LogP contribution in [0.3, 0.4) is 0 Å². The van der Waals surface area contributed by atoms with Gasteiger partial charge in [0.15, 0.2) is 0 Å². The summed E-state index contributed by atoms with van der Waals surface area (Å²) >= 11 is 1.83. The Labute approximate surface area is 102 Å². The minimum Gasteiger partial charge on any atom is -0.314 e. The van der Waals surface area contributed by atoms with Crippen LogP contribution in [0.4, 0.5) is 0 Å². The average molecular weight is 238 g/mol. The van der Waals surface area contributed by atoms with Gasteiger partial charge < -0.3 is 5.32 Å². The summed E-state index contributed by atoms with van der Waals surface area (Å²) in [4.78, 5) is 5.70. The fourth-order valence-corrected chi connectivity index (χ4v) is 3.20. The van der Waals surface area contributed by atoms with E-state index < -0.39 is 0 Å². The van der Waals surface area contributed by atoms with Crippen molar-refractivity contribution < 1.29 is 0 Å². The lowest BCUT2D eigenvalue weighted by molar-refractivity contribution is 0.464. The van der Waals surface area contributed by atoms with Crippen LogP contribution < -0.4 is 5.32 Å². The Hall–Kier alpha value is -0.410. The van der Waals surface area contributed by atoms with Crippen LogP contribution >= 0.6 is 11.3 Å². The topological polar surface area (TPSA) is 24.9 Å². The highest BCUT2D eigenvalue weighted by Crippen LogP contribution is 2.17. The van der Waals surface area contributed by atoms with Crippen molar-refractivity contribution in [2.75, 3.05) is 6.54 Å². The van der Waals surface area contributed by atoms with Gasteiger partial charge in [-0.1, -0.05) is 25.7 Å². The third-order valence-electron chi connectivity index (χ3n) is 3.33. The maximum absolute atomic E-state index is 4.29. The summed E-state index contributed by atoms with van der Waals surface area (Å²) in [7, 11) is 0. The molecule has 2 nitrogen and oxygen atoms in total. The number of hydrogen-bond donors (Lipinski definition) is 1. The van der Waals surface area contributed by atoms with Crippen LogP contribution in [0.15, 0.2) is 6.20 Å². The molecule has 1 aliphatic carbocycles. The zero-order valence-corrected chi connectivity index (χ0v) is 11.0. The minimum absolute atomic E-state index is 0.775. The zero-order chi connectivity index (χ0) is 11.2. The normalized spacial score (nSPS) is 18.6. The fourth-order valence-electron chi connectivity index (χ4n) is 2.40. The highest BCUT2D eigenvalue weighted by Gasteiger charge is 2.11. The van der Waals surface area contributed by atoms with E-state index in [0.29, 0.717) is 0 Å². The van der Waals surface area contributed by atoms with Crippen LogP contribution in [0.2, 0.25) is 0 Å². The third kappa shape index (κ3) is 3.87. The predicted molar refractivity (Wildman–Crippen MR) is 70.0 cm³/mol. The summed E-state index contributed by atoms with van der Waals surface area (Å²) in [6, 6.07) is 0.775. The molecule has 0 saturated heterocycles. The summed E-state index contributed by atoms with van der Waals surface area (Å²) in [5.74, 6) is 0. The second kappa shape index (κ2) is 6.36. The van der Waals surface area contributed by atoms with Gasteiger partial charge in [-0.3, -0.25) is 0 Å². The SMILES string of the molecule is Cc1ncc(CCNC2CCCCCC2)s1. The van der Waals surface area contributed by atoms with Gasteiger partial charge >= 0.3 is 0 Å². The molecule has 0 radical (unpaired) electrons. The van der Waals surface area contributed by atoms with E-state index in [1.165, 1.54) is 48.4 Å². The molecule has 1 aromatic rings. The molecule has 0 atom stereocenters. The smallest absolute Gasteiger partial charge is 0.0896 e. The van der Waals surface area contributed by atoms with Crippen LogP contribution in [-0.4, -0.2) is 17.6 Å². The molecule has 1 heterocycles. The monoisotopic (exact) mass is 238 g/mol. The molecule has 3 heteroatoms. The number of hydrogen-bond acceptors (Lipinski definition) is 3. The highest BCUT2D eigenvalue weighted by molar-refractivity contribution is 7.11. The van der Waals surface area contributed by atoms with Crippen molar-refractivity contribution in [2.45, 2.75) is 57.9 Å². The first-order valence-corrected chi connectivity index (χ1v) is 7.31. The van der Waals surface area contributed by atoms with E-state index in [9.17, 15) is 0 Å². The largest absolute Gasteiger partial charge is 0.314 e. The van der Waals surface area contributed by atoms with Gasteiger partial charge in [-0.15, -0.1) is 11.3 Å². The molecule has 0 aliphatic heterocycles. The van der Waals surface area contributed by atoms with E-state index >= 15 is 0 Å². The molecule has 2 rings (SSSR count). The van der Waals surface area contributed by atoms with E-state index in [-0.39, 0.29) is 0 Å². The fraction of sp³-hybridized carbons (Fsp3) is 0.769. The van der Waals surface area contributed by atoms with Crippen LogP contribution in [0.25, 0.3) is 0 Å². The third-order valence-corrected chi connectivity index (χ3v) is 4.30. The first kappa shape index (κ1) is 12.1. The molecule has 90 valence electrons. The Bertz CT molecular complexity index is 301. The van der Waals surface area contributed by atoms with Gasteiger partial charge in [-0.25, -0.2) is 4.98 Å². The molecule has 0 amide bonds. The van der Waals surface area contributed by atoms with Crippen molar-refractivity contribution in [3.8, 4) is 0 Å². The molecule has 1 N–H and O–H groups in total. The number of nitrogens with zero attached hydrogens (tertiary/aromatic N) is 1. The van der Waals surface area contributed by atoms with Crippen LogP contribution in [0.1, 0.15) is 48.4 Å². The summed E-state index contributed by atoms with van der Waals surface area (Å²) in [5, 5.41) is 4.88. The number of thiazole rings is 1. The van der Waals surface area contributed by atoms with Crippen LogP contribution in [-0.2, 0) is 6.42 Å². The molecule has 1 fully saturated rings. The lowest BCUT2D eigenvalue weighted by Crippen LogP contribution is -2.30. The first-order valence-electron chi connectivity index (χ1n) is 6.49. The van der Waals surface area contributed by atoms with E-state index in [1.807, 2.05) is 17.5 Å². The van der Waals surface area contributed by atoms with Gasteiger partial charge in [0.25, 0.3) is 0 Å². The summed E-state index contributed by atoms with van der Waals surface area (Å²) in [6.07, 6.45) is 11.6. The van der Waals surface area contributed by atoms with E-state index in [1.54, 1.807) is 0 Å². The Kier molecular flexibility index (Phi) is 4.79. The quantitative estimate of drug-likeness (QED) is 0.814. The van der Waals surface area contributed by atoms with Gasteiger partial charge in [-0.2, -0.15) is 0 Å². The highest BCUT2D eigenvalue weighted by atomic mass is 32.1. The van der Waals surface area contributed by atoms with Crippen molar-refractivity contribution in [1.29, 1.82) is 0 Å². The van der Waals surface area contributed by atoms with Crippen molar-refractivity contribution in [1.82, 2.24) is 10.3 Å². The predicted octanol–water partition coefficient (Wildman–Crippen LogP) is 3.31.